The smallest absolute Gasteiger partial charge is 0.275 e. The van der Waals surface area contributed by atoms with Crippen molar-refractivity contribution < 1.29 is 4.39 Å². The number of halogens is 1. The molecule has 0 fully saturated rings. The number of hydrogen-bond acceptors (Lipinski definition) is 3. The predicted octanol–water partition coefficient (Wildman–Crippen LogP) is 4.52. The molecule has 1 unspecified atom stereocenters. The van der Waals surface area contributed by atoms with Gasteiger partial charge in [0.15, 0.2) is 0 Å². The van der Waals surface area contributed by atoms with E-state index in [1.807, 2.05) is 73.5 Å². The lowest BCUT2D eigenvalue weighted by atomic mass is 9.97. The highest BCUT2D eigenvalue weighted by Crippen LogP contribution is 2.28. The highest BCUT2D eigenvalue weighted by molar-refractivity contribution is 5.83. The average molecular weight is 387 g/mol. The largest absolute Gasteiger partial charge is 0.276 e. The molecule has 3 aromatic carbocycles. The number of rotatable bonds is 5. The molecule has 0 N–H and O–H groups in total. The molecular formula is C24H22FN3O. The number of benzene rings is 3. The second kappa shape index (κ2) is 7.97. The Bertz CT molecular complexity index is 1190. The van der Waals surface area contributed by atoms with E-state index in [-0.39, 0.29) is 17.4 Å². The number of aryl methyl sites for hydroxylation is 1. The molecule has 0 aliphatic heterocycles. The summed E-state index contributed by atoms with van der Waals surface area (Å²) in [7, 11) is 1.94. The highest BCUT2D eigenvalue weighted by atomic mass is 19.1. The van der Waals surface area contributed by atoms with Gasteiger partial charge >= 0.3 is 0 Å². The Morgan fingerprint density at radius 3 is 2.17 bits per heavy atom. The summed E-state index contributed by atoms with van der Waals surface area (Å²) in [5.74, 6) is -0.272. The van der Waals surface area contributed by atoms with Crippen molar-refractivity contribution in [3.05, 3.63) is 112 Å². The molecule has 1 atom stereocenters. The molecule has 0 aliphatic carbocycles. The van der Waals surface area contributed by atoms with Crippen LogP contribution >= 0.6 is 0 Å². The lowest BCUT2D eigenvalue weighted by Gasteiger charge is -2.29. The van der Waals surface area contributed by atoms with Gasteiger partial charge in [0, 0.05) is 5.39 Å². The van der Waals surface area contributed by atoms with Crippen LogP contribution in [0.25, 0.3) is 10.8 Å². The summed E-state index contributed by atoms with van der Waals surface area (Å²) >= 11 is 0. The van der Waals surface area contributed by atoms with E-state index in [0.717, 1.165) is 22.2 Å². The lowest BCUT2D eigenvalue weighted by Crippen LogP contribution is -2.35. The van der Waals surface area contributed by atoms with Gasteiger partial charge in [-0.05, 0) is 43.3 Å². The first-order chi connectivity index (χ1) is 14.0. The van der Waals surface area contributed by atoms with Crippen LogP contribution < -0.4 is 5.56 Å². The minimum Gasteiger partial charge on any atom is -0.276 e. The molecule has 0 saturated carbocycles. The van der Waals surface area contributed by atoms with Crippen molar-refractivity contribution in [1.82, 2.24) is 14.7 Å². The first-order valence-electron chi connectivity index (χ1n) is 9.51. The van der Waals surface area contributed by atoms with Crippen molar-refractivity contribution in [3.63, 3.8) is 0 Å². The molecule has 146 valence electrons. The maximum Gasteiger partial charge on any atom is 0.275 e. The molecule has 29 heavy (non-hydrogen) atoms. The molecule has 4 aromatic rings. The summed E-state index contributed by atoms with van der Waals surface area (Å²) in [4.78, 5) is 15.0. The second-order valence-corrected chi connectivity index (χ2v) is 7.20. The van der Waals surface area contributed by atoms with Crippen molar-refractivity contribution in [1.29, 1.82) is 0 Å². The summed E-state index contributed by atoms with van der Waals surface area (Å²) in [5.41, 5.74) is 2.70. The van der Waals surface area contributed by atoms with Crippen molar-refractivity contribution in [2.24, 2.45) is 0 Å². The summed E-state index contributed by atoms with van der Waals surface area (Å²) in [6.07, 6.45) is 0. The van der Waals surface area contributed by atoms with Crippen LogP contribution in [-0.4, -0.2) is 21.7 Å². The fourth-order valence-corrected chi connectivity index (χ4v) is 3.78. The third kappa shape index (κ3) is 3.82. The molecule has 5 heteroatoms. The van der Waals surface area contributed by atoms with Gasteiger partial charge in [-0.3, -0.25) is 9.69 Å². The fraction of sp³-hybridized carbons (Fsp3) is 0.167. The Labute approximate surface area is 168 Å². The van der Waals surface area contributed by atoms with Gasteiger partial charge in [-0.25, -0.2) is 9.07 Å². The van der Waals surface area contributed by atoms with Crippen LogP contribution in [-0.2, 0) is 6.67 Å². The average Bonchev–Trinajstić information content (AvgIpc) is 2.74. The lowest BCUT2D eigenvalue weighted by molar-refractivity contribution is 0.205. The van der Waals surface area contributed by atoms with Crippen molar-refractivity contribution >= 4 is 10.8 Å². The maximum atomic E-state index is 13.5. The molecule has 0 aliphatic rings. The second-order valence-electron chi connectivity index (χ2n) is 7.20. The maximum absolute atomic E-state index is 13.5. The predicted molar refractivity (Wildman–Crippen MR) is 113 cm³/mol. The number of aromatic nitrogens is 2. The Kier molecular flexibility index (Phi) is 5.23. The molecule has 4 rings (SSSR count). The number of nitrogens with zero attached hydrogens (tertiary/aromatic N) is 3. The Balaban J connectivity index is 1.75. The van der Waals surface area contributed by atoms with Crippen LogP contribution in [0.15, 0.2) is 83.7 Å². The van der Waals surface area contributed by atoms with Crippen LogP contribution in [0.4, 0.5) is 4.39 Å². The van der Waals surface area contributed by atoms with Crippen LogP contribution in [0.2, 0.25) is 0 Å². The summed E-state index contributed by atoms with van der Waals surface area (Å²) in [5, 5.41) is 6.06. The zero-order valence-electron chi connectivity index (χ0n) is 16.4. The highest BCUT2D eigenvalue weighted by Gasteiger charge is 2.21. The molecule has 0 radical (unpaired) electrons. The zero-order chi connectivity index (χ0) is 20.4. The van der Waals surface area contributed by atoms with Gasteiger partial charge in [-0.15, -0.1) is 0 Å². The Morgan fingerprint density at radius 2 is 1.48 bits per heavy atom. The van der Waals surface area contributed by atoms with Crippen LogP contribution in [0.5, 0.6) is 0 Å². The summed E-state index contributed by atoms with van der Waals surface area (Å²) < 4.78 is 15.0. The van der Waals surface area contributed by atoms with E-state index in [0.29, 0.717) is 12.1 Å². The molecule has 0 spiro atoms. The molecule has 4 nitrogen and oxygen atoms in total. The van der Waals surface area contributed by atoms with E-state index >= 15 is 0 Å². The van der Waals surface area contributed by atoms with Crippen LogP contribution in [0, 0.1) is 12.7 Å². The van der Waals surface area contributed by atoms with Crippen LogP contribution in [0.3, 0.4) is 0 Å². The minimum absolute atomic E-state index is 0.121. The van der Waals surface area contributed by atoms with Gasteiger partial charge in [0.05, 0.1) is 23.8 Å². The van der Waals surface area contributed by atoms with Crippen molar-refractivity contribution in [2.75, 3.05) is 7.05 Å². The van der Waals surface area contributed by atoms with E-state index in [1.165, 1.54) is 16.8 Å². The summed E-state index contributed by atoms with van der Waals surface area (Å²) in [6.45, 7) is 2.22. The first kappa shape index (κ1) is 19.0. The van der Waals surface area contributed by atoms with Gasteiger partial charge in [0.2, 0.25) is 0 Å². The minimum atomic E-state index is -0.272. The quantitative estimate of drug-likeness (QED) is 0.505. The standard InChI is InChI=1S/C24H22FN3O/c1-17-21-10-6-7-11-22(21)24(29)28(26-17)16-27(2)23(18-8-4-3-5-9-18)19-12-14-20(25)15-13-19/h3-15,23H,16H2,1-2H3. The SMILES string of the molecule is Cc1nn(CN(C)C(c2ccccc2)c2ccc(F)cc2)c(=O)c2ccccc12. The van der Waals surface area contributed by atoms with Gasteiger partial charge in [0.25, 0.3) is 5.56 Å². The summed E-state index contributed by atoms with van der Waals surface area (Å²) in [6, 6.07) is 23.9. The van der Waals surface area contributed by atoms with E-state index < -0.39 is 0 Å². The molecule has 0 amide bonds. The monoisotopic (exact) mass is 387 g/mol. The first-order valence-corrected chi connectivity index (χ1v) is 9.51. The fourth-order valence-electron chi connectivity index (χ4n) is 3.78. The van der Waals surface area contributed by atoms with Crippen molar-refractivity contribution in [3.8, 4) is 0 Å². The topological polar surface area (TPSA) is 38.1 Å². The van der Waals surface area contributed by atoms with Gasteiger partial charge in [0.1, 0.15) is 5.82 Å². The molecule has 1 aromatic heterocycles. The van der Waals surface area contributed by atoms with Gasteiger partial charge in [-0.2, -0.15) is 5.10 Å². The molecule has 0 saturated heterocycles. The third-order valence-electron chi connectivity index (χ3n) is 5.15. The van der Waals surface area contributed by atoms with Gasteiger partial charge < -0.3 is 0 Å². The van der Waals surface area contributed by atoms with E-state index in [2.05, 4.69) is 5.10 Å². The molecular weight excluding hydrogens is 365 g/mol. The normalized spacial score (nSPS) is 12.4. The third-order valence-corrected chi connectivity index (χ3v) is 5.15. The number of fused-ring (bicyclic) bond motifs is 1. The van der Waals surface area contributed by atoms with E-state index in [9.17, 15) is 9.18 Å². The molecule has 0 bridgehead atoms. The van der Waals surface area contributed by atoms with Crippen LogP contribution in [0.1, 0.15) is 22.9 Å². The van der Waals surface area contributed by atoms with Crippen molar-refractivity contribution in [2.45, 2.75) is 19.6 Å². The Hall–Kier alpha value is -3.31. The van der Waals surface area contributed by atoms with E-state index in [4.69, 9.17) is 0 Å². The molecule has 1 heterocycles. The van der Waals surface area contributed by atoms with E-state index in [1.54, 1.807) is 12.1 Å². The Morgan fingerprint density at radius 1 is 0.897 bits per heavy atom. The zero-order valence-corrected chi connectivity index (χ0v) is 16.4. The number of hydrogen-bond donors (Lipinski definition) is 0. The van der Waals surface area contributed by atoms with Gasteiger partial charge in [-0.1, -0.05) is 60.7 Å².